The zero-order chi connectivity index (χ0) is 12.4. The number of phenols is 1. The van der Waals surface area contributed by atoms with Crippen LogP contribution in [0.1, 0.15) is 0 Å². The molecule has 3 rings (SSSR count). The molecule has 0 saturated carbocycles. The van der Waals surface area contributed by atoms with Crippen molar-refractivity contribution < 1.29 is 5.11 Å². The van der Waals surface area contributed by atoms with Gasteiger partial charge in [-0.1, -0.05) is 30.3 Å². The molecule has 0 aliphatic heterocycles. The molecule has 3 heteroatoms. The highest BCUT2D eigenvalue weighted by atomic mass is 16.3. The molecule has 0 unspecified atom stereocenters. The molecule has 3 nitrogen and oxygen atoms in total. The topological polar surface area (TPSA) is 38.0 Å². The summed E-state index contributed by atoms with van der Waals surface area (Å²) in [5.74, 6) is 0.257. The Morgan fingerprint density at radius 1 is 0.833 bits per heavy atom. The van der Waals surface area contributed by atoms with Crippen LogP contribution in [-0.2, 0) is 0 Å². The quantitative estimate of drug-likeness (QED) is 0.741. The molecule has 0 amide bonds. The van der Waals surface area contributed by atoms with Crippen molar-refractivity contribution in [1.29, 1.82) is 0 Å². The van der Waals surface area contributed by atoms with Crippen LogP contribution in [0.2, 0.25) is 0 Å². The van der Waals surface area contributed by atoms with Crippen molar-refractivity contribution in [1.82, 2.24) is 9.78 Å². The summed E-state index contributed by atoms with van der Waals surface area (Å²) in [5.41, 5.74) is 3.07. The second kappa shape index (κ2) is 4.37. The van der Waals surface area contributed by atoms with E-state index in [2.05, 4.69) is 5.10 Å². The van der Waals surface area contributed by atoms with Gasteiger partial charge in [-0.05, 0) is 30.3 Å². The first-order chi connectivity index (χ1) is 8.84. The molecule has 18 heavy (non-hydrogen) atoms. The second-order valence-corrected chi connectivity index (χ2v) is 4.01. The van der Waals surface area contributed by atoms with E-state index in [9.17, 15) is 5.11 Å². The lowest BCUT2D eigenvalue weighted by atomic mass is 10.1. The largest absolute Gasteiger partial charge is 0.508 e. The van der Waals surface area contributed by atoms with Crippen LogP contribution in [0.25, 0.3) is 16.9 Å². The zero-order valence-electron chi connectivity index (χ0n) is 9.69. The maximum atomic E-state index is 9.31. The maximum absolute atomic E-state index is 9.31. The number of benzene rings is 2. The van der Waals surface area contributed by atoms with Gasteiger partial charge in [-0.2, -0.15) is 5.10 Å². The predicted molar refractivity (Wildman–Crippen MR) is 70.7 cm³/mol. The fraction of sp³-hybridized carbons (Fsp3) is 0. The van der Waals surface area contributed by atoms with E-state index in [1.54, 1.807) is 18.3 Å². The van der Waals surface area contributed by atoms with Crippen LogP contribution in [0.4, 0.5) is 0 Å². The standard InChI is InChI=1S/C15H12N2O/c18-14-8-6-13(7-9-14)17-15(10-11-16-17)12-4-2-1-3-5-12/h1-11,18H. The average molecular weight is 236 g/mol. The molecular weight excluding hydrogens is 224 g/mol. The molecule has 2 aromatic carbocycles. The van der Waals surface area contributed by atoms with Crippen molar-refractivity contribution in [3.63, 3.8) is 0 Å². The first kappa shape index (κ1) is 10.6. The smallest absolute Gasteiger partial charge is 0.115 e. The third-order valence-electron chi connectivity index (χ3n) is 2.81. The molecule has 0 spiro atoms. The number of aromatic nitrogens is 2. The molecule has 0 fully saturated rings. The van der Waals surface area contributed by atoms with Gasteiger partial charge in [0.15, 0.2) is 0 Å². The summed E-state index contributed by atoms with van der Waals surface area (Å²) in [7, 11) is 0. The van der Waals surface area contributed by atoms with Crippen LogP contribution >= 0.6 is 0 Å². The van der Waals surface area contributed by atoms with E-state index in [-0.39, 0.29) is 5.75 Å². The van der Waals surface area contributed by atoms with Crippen molar-refractivity contribution in [3.8, 4) is 22.7 Å². The lowest BCUT2D eigenvalue weighted by molar-refractivity contribution is 0.475. The van der Waals surface area contributed by atoms with Crippen molar-refractivity contribution in [3.05, 3.63) is 66.9 Å². The Morgan fingerprint density at radius 3 is 2.28 bits per heavy atom. The Kier molecular flexibility index (Phi) is 2.57. The van der Waals surface area contributed by atoms with E-state index in [4.69, 9.17) is 0 Å². The number of nitrogens with zero attached hydrogens (tertiary/aromatic N) is 2. The summed E-state index contributed by atoms with van der Waals surface area (Å²) in [6.45, 7) is 0. The number of hydrogen-bond acceptors (Lipinski definition) is 2. The van der Waals surface area contributed by atoms with Gasteiger partial charge in [-0.15, -0.1) is 0 Å². The summed E-state index contributed by atoms with van der Waals surface area (Å²) < 4.78 is 1.86. The highest BCUT2D eigenvalue weighted by Crippen LogP contribution is 2.22. The summed E-state index contributed by atoms with van der Waals surface area (Å²) in [5, 5.41) is 13.6. The zero-order valence-corrected chi connectivity index (χ0v) is 9.69. The van der Waals surface area contributed by atoms with Crippen molar-refractivity contribution in [2.24, 2.45) is 0 Å². The van der Waals surface area contributed by atoms with Crippen LogP contribution < -0.4 is 0 Å². The molecule has 0 saturated heterocycles. The number of hydrogen-bond donors (Lipinski definition) is 1. The molecule has 0 aliphatic rings. The number of rotatable bonds is 2. The number of phenolic OH excluding ortho intramolecular Hbond substituents is 1. The summed E-state index contributed by atoms with van der Waals surface area (Å²) in [6, 6.07) is 19.1. The Hall–Kier alpha value is -2.55. The molecule has 0 aliphatic carbocycles. The van der Waals surface area contributed by atoms with E-state index >= 15 is 0 Å². The predicted octanol–water partition coefficient (Wildman–Crippen LogP) is 3.24. The van der Waals surface area contributed by atoms with Crippen LogP contribution in [0.15, 0.2) is 66.9 Å². The van der Waals surface area contributed by atoms with Gasteiger partial charge in [-0.3, -0.25) is 0 Å². The monoisotopic (exact) mass is 236 g/mol. The number of aromatic hydroxyl groups is 1. The van der Waals surface area contributed by atoms with Gasteiger partial charge >= 0.3 is 0 Å². The van der Waals surface area contributed by atoms with Crippen molar-refractivity contribution in [2.45, 2.75) is 0 Å². The molecule has 88 valence electrons. The highest BCUT2D eigenvalue weighted by Gasteiger charge is 2.06. The van der Waals surface area contributed by atoms with Gasteiger partial charge in [0.1, 0.15) is 5.75 Å². The van der Waals surface area contributed by atoms with Gasteiger partial charge < -0.3 is 5.11 Å². The van der Waals surface area contributed by atoms with Gasteiger partial charge in [-0.25, -0.2) is 4.68 Å². The molecule has 1 aromatic heterocycles. The van der Waals surface area contributed by atoms with Gasteiger partial charge in [0, 0.05) is 5.56 Å². The fourth-order valence-corrected chi connectivity index (χ4v) is 1.93. The van der Waals surface area contributed by atoms with Crippen LogP contribution in [0.5, 0.6) is 5.75 Å². The molecule has 3 aromatic rings. The Bertz CT molecular complexity index is 642. The van der Waals surface area contributed by atoms with Crippen LogP contribution in [0, 0.1) is 0 Å². The SMILES string of the molecule is Oc1ccc(-n2nccc2-c2ccccc2)cc1. The molecule has 0 atom stereocenters. The van der Waals surface area contributed by atoms with E-state index in [1.807, 2.05) is 53.2 Å². The first-order valence-corrected chi connectivity index (χ1v) is 5.73. The Balaban J connectivity index is 2.10. The van der Waals surface area contributed by atoms with E-state index in [1.165, 1.54) is 0 Å². The van der Waals surface area contributed by atoms with Crippen molar-refractivity contribution in [2.75, 3.05) is 0 Å². The Morgan fingerprint density at radius 2 is 1.56 bits per heavy atom. The maximum Gasteiger partial charge on any atom is 0.115 e. The third kappa shape index (κ3) is 1.86. The summed E-state index contributed by atoms with van der Waals surface area (Å²) in [4.78, 5) is 0. The normalized spacial score (nSPS) is 10.4. The Labute approximate surface area is 105 Å². The highest BCUT2D eigenvalue weighted by molar-refractivity contribution is 5.61. The van der Waals surface area contributed by atoms with Gasteiger partial charge in [0.2, 0.25) is 0 Å². The fourth-order valence-electron chi connectivity index (χ4n) is 1.93. The minimum Gasteiger partial charge on any atom is -0.508 e. The third-order valence-corrected chi connectivity index (χ3v) is 2.81. The lowest BCUT2D eigenvalue weighted by Gasteiger charge is -2.07. The molecule has 0 radical (unpaired) electrons. The average Bonchev–Trinajstić information content (AvgIpc) is 2.90. The van der Waals surface area contributed by atoms with Gasteiger partial charge in [0.25, 0.3) is 0 Å². The van der Waals surface area contributed by atoms with E-state index in [0.717, 1.165) is 16.9 Å². The molecule has 1 heterocycles. The molecular formula is C15H12N2O. The minimum absolute atomic E-state index is 0.257. The van der Waals surface area contributed by atoms with Gasteiger partial charge in [0.05, 0.1) is 17.6 Å². The molecule has 1 N–H and O–H groups in total. The lowest BCUT2D eigenvalue weighted by Crippen LogP contribution is -1.98. The van der Waals surface area contributed by atoms with Crippen LogP contribution in [-0.4, -0.2) is 14.9 Å². The molecule has 0 bridgehead atoms. The first-order valence-electron chi connectivity index (χ1n) is 5.73. The summed E-state index contributed by atoms with van der Waals surface area (Å²) in [6.07, 6.45) is 1.77. The minimum atomic E-state index is 0.257. The van der Waals surface area contributed by atoms with Crippen molar-refractivity contribution >= 4 is 0 Å². The van der Waals surface area contributed by atoms with Crippen LogP contribution in [0.3, 0.4) is 0 Å². The summed E-state index contributed by atoms with van der Waals surface area (Å²) >= 11 is 0. The van der Waals surface area contributed by atoms with E-state index in [0.29, 0.717) is 0 Å². The second-order valence-electron chi connectivity index (χ2n) is 4.01. The van der Waals surface area contributed by atoms with E-state index < -0.39 is 0 Å².